The van der Waals surface area contributed by atoms with Gasteiger partial charge in [-0.25, -0.2) is 0 Å². The molecular formula is C92H152O2. The third kappa shape index (κ3) is 24.1. The smallest absolute Gasteiger partial charge is 0.106 e. The van der Waals surface area contributed by atoms with E-state index in [4.69, 9.17) is 8.83 Å². The predicted molar refractivity (Wildman–Crippen MR) is 409 cm³/mol. The first-order chi connectivity index (χ1) is 44.7. The molecule has 0 bridgehead atoms. The fraction of sp³-hybridized carbons (Fsp3) is 0.783. The van der Waals surface area contributed by atoms with E-state index in [1.807, 2.05) is 12.1 Å². The Morgan fingerprint density at radius 2 is 0.755 bits per heavy atom. The number of benzene rings is 2. The molecular weight excluding hydrogens is 1140 g/mol. The Morgan fingerprint density at radius 1 is 0.340 bits per heavy atom. The van der Waals surface area contributed by atoms with E-state index in [2.05, 4.69) is 211 Å². The topological polar surface area (TPSA) is 26.3 Å². The van der Waals surface area contributed by atoms with Gasteiger partial charge in [-0.1, -0.05) is 251 Å². The minimum absolute atomic E-state index is 0.541. The van der Waals surface area contributed by atoms with Crippen LogP contribution in [0.5, 0.6) is 0 Å². The first-order valence-electron chi connectivity index (χ1n) is 40.8. The van der Waals surface area contributed by atoms with Crippen LogP contribution in [-0.2, 0) is 0 Å². The summed E-state index contributed by atoms with van der Waals surface area (Å²) in [4.78, 5) is 0. The zero-order chi connectivity index (χ0) is 68.3. The molecule has 10 aliphatic rings. The Balaban J connectivity index is 0.000000152. The van der Waals surface area contributed by atoms with Gasteiger partial charge in [-0.3, -0.25) is 0 Å². The van der Waals surface area contributed by atoms with Crippen molar-refractivity contribution in [2.24, 2.45) is 129 Å². The molecule has 2 aromatic heterocycles. The predicted octanol–water partition coefficient (Wildman–Crippen LogP) is 29.2. The zero-order valence-corrected chi connectivity index (χ0v) is 65.3. The average molecular weight is 1290 g/mol. The van der Waals surface area contributed by atoms with Crippen LogP contribution in [0.3, 0.4) is 0 Å². The maximum atomic E-state index is 5.41. The molecule has 10 saturated carbocycles. The van der Waals surface area contributed by atoms with Gasteiger partial charge in [0.25, 0.3) is 0 Å². The summed E-state index contributed by atoms with van der Waals surface area (Å²) in [6.07, 6.45) is 41.2. The van der Waals surface area contributed by atoms with Crippen molar-refractivity contribution in [1.82, 2.24) is 0 Å². The summed E-state index contributed by atoms with van der Waals surface area (Å²) in [6.45, 7) is 47.9. The molecule has 14 rings (SSSR count). The molecule has 532 valence electrons. The molecule has 19 atom stereocenters. The summed E-state index contributed by atoms with van der Waals surface area (Å²) in [5, 5.41) is 0. The molecule has 10 aliphatic carbocycles. The highest BCUT2D eigenvalue weighted by Crippen LogP contribution is 2.51. The van der Waals surface area contributed by atoms with E-state index >= 15 is 0 Å². The summed E-state index contributed by atoms with van der Waals surface area (Å²) in [7, 11) is 0. The molecule has 0 aliphatic heterocycles. The van der Waals surface area contributed by atoms with Crippen molar-refractivity contribution in [2.45, 2.75) is 329 Å². The van der Waals surface area contributed by atoms with Crippen LogP contribution in [0.2, 0.25) is 0 Å². The first-order valence-corrected chi connectivity index (χ1v) is 40.8. The normalized spacial score (nSPS) is 37.2. The SMILES string of the molecule is CC(C)CC(C)(C)C1CC(C)C(C)C1.CC1CC(C(C)(C)C)CC1C.CC1CC(c2ccccc2)CC1C.CC1CC(c2ccco2)CC1C.CC1CC2CCCCC2C1C.CC1CCC(c2ccccc2)C1.CC1CCC(c2ccco2)C1.CC1CCC2CCCCC12. The quantitative estimate of drug-likeness (QED) is 0.184. The molecule has 4 aromatic rings. The monoisotopic (exact) mass is 1290 g/mol. The maximum Gasteiger partial charge on any atom is 0.106 e. The van der Waals surface area contributed by atoms with E-state index < -0.39 is 0 Å². The number of hydrogen-bond acceptors (Lipinski definition) is 2. The van der Waals surface area contributed by atoms with E-state index in [0.717, 1.165) is 130 Å². The second kappa shape index (κ2) is 38.0. The summed E-state index contributed by atoms with van der Waals surface area (Å²) < 4.78 is 10.8. The van der Waals surface area contributed by atoms with E-state index in [0.29, 0.717) is 22.7 Å². The molecule has 0 radical (unpaired) electrons. The molecule has 0 amide bonds. The van der Waals surface area contributed by atoms with Crippen LogP contribution in [0.1, 0.15) is 352 Å². The lowest BCUT2D eigenvalue weighted by Crippen LogP contribution is -2.24. The zero-order valence-electron chi connectivity index (χ0n) is 65.3. The van der Waals surface area contributed by atoms with Gasteiger partial charge in [-0.2, -0.15) is 0 Å². The number of hydrogen-bond donors (Lipinski definition) is 0. The molecule has 10 fully saturated rings. The van der Waals surface area contributed by atoms with E-state index in [1.54, 1.807) is 49.3 Å². The number of furan rings is 2. The summed E-state index contributed by atoms with van der Waals surface area (Å²) in [5.41, 5.74) is 4.19. The van der Waals surface area contributed by atoms with Crippen LogP contribution in [0.4, 0.5) is 0 Å². The highest BCUT2D eigenvalue weighted by atomic mass is 16.3. The standard InChI is InChI=1S/C14H28.C13H18.C12H16.C11H16O.C11H20.C11H22.C10H14O.C10H18/c1-10(2)9-14(5,6)13-7-11(3)12(4)8-13;1-10-8-13(9-11(10)2)12-6-4-3-5-7-12;1-10-7-8-12(9-10)11-5-3-2-4-6-11;1-8-6-10(7-9(8)2)11-4-3-5-12-11;1-8-7-10-5-3-4-6-11(10)9(8)2;1-8-6-10(7-9(8)2)11(3,4)5;1-8-4-5-9(7-8)10-3-2-6-11-10;1-8-6-7-9-4-2-3-5-10(8)9/h10-13H,7-9H2,1-6H3;3-7,10-11,13H,8-9H2,1-2H3;2-6,10,12H,7-9H2,1H3;3-5,8-10H,6-7H2,1-2H3;8-11H,3-7H2,1-2H3;8-10H,6-7H2,1-5H3;2-3,6,8-9H,4-5,7H2,1H3;8-10H,2-7H2,1H3. The minimum Gasteiger partial charge on any atom is -0.469 e. The van der Waals surface area contributed by atoms with E-state index in [-0.39, 0.29) is 0 Å². The van der Waals surface area contributed by atoms with Crippen LogP contribution < -0.4 is 0 Å². The van der Waals surface area contributed by atoms with Crippen molar-refractivity contribution < 1.29 is 8.83 Å². The summed E-state index contributed by atoms with van der Waals surface area (Å²) >= 11 is 0. The number of rotatable bonds is 7. The van der Waals surface area contributed by atoms with Gasteiger partial charge in [-0.15, -0.1) is 0 Å². The molecule has 0 saturated heterocycles. The molecule has 2 aromatic carbocycles. The second-order valence-corrected chi connectivity index (χ2v) is 37.6. The van der Waals surface area contributed by atoms with E-state index in [9.17, 15) is 0 Å². The van der Waals surface area contributed by atoms with Crippen LogP contribution in [0.25, 0.3) is 0 Å². The van der Waals surface area contributed by atoms with Gasteiger partial charge in [0.05, 0.1) is 12.5 Å². The largest absolute Gasteiger partial charge is 0.469 e. The molecule has 2 heteroatoms. The van der Waals surface area contributed by atoms with Gasteiger partial charge in [-0.05, 0) is 292 Å². The fourth-order valence-electron chi connectivity index (χ4n) is 20.7. The highest BCUT2D eigenvalue weighted by Gasteiger charge is 2.41. The summed E-state index contributed by atoms with van der Waals surface area (Å²) in [6, 6.07) is 30.1. The lowest BCUT2D eigenvalue weighted by molar-refractivity contribution is 0.168. The lowest BCUT2D eigenvalue weighted by atomic mass is 9.72. The lowest BCUT2D eigenvalue weighted by Gasteiger charge is -2.33. The molecule has 2 nitrogen and oxygen atoms in total. The van der Waals surface area contributed by atoms with Crippen molar-refractivity contribution in [3.63, 3.8) is 0 Å². The fourth-order valence-corrected chi connectivity index (χ4v) is 20.7. The average Bonchev–Trinajstić information content (AvgIpc) is 1.73. The van der Waals surface area contributed by atoms with Crippen molar-refractivity contribution in [3.05, 3.63) is 120 Å². The Morgan fingerprint density at radius 3 is 1.17 bits per heavy atom. The van der Waals surface area contributed by atoms with Crippen LogP contribution >= 0.6 is 0 Å². The maximum absolute atomic E-state index is 5.41. The van der Waals surface area contributed by atoms with Crippen LogP contribution in [0, 0.1) is 129 Å². The Labute approximate surface area is 583 Å². The highest BCUT2D eigenvalue weighted by molar-refractivity contribution is 5.22. The molecule has 19 unspecified atom stereocenters. The van der Waals surface area contributed by atoms with Gasteiger partial charge in [0.2, 0.25) is 0 Å². The first kappa shape index (κ1) is 78.3. The van der Waals surface area contributed by atoms with Crippen LogP contribution in [0.15, 0.2) is 106 Å². The van der Waals surface area contributed by atoms with Crippen LogP contribution in [-0.4, -0.2) is 0 Å². The van der Waals surface area contributed by atoms with Gasteiger partial charge in [0, 0.05) is 11.8 Å². The third-order valence-electron chi connectivity index (χ3n) is 28.1. The second-order valence-electron chi connectivity index (χ2n) is 37.6. The minimum atomic E-state index is 0.541. The van der Waals surface area contributed by atoms with Gasteiger partial charge < -0.3 is 8.83 Å². The van der Waals surface area contributed by atoms with E-state index in [1.165, 1.54) is 153 Å². The molecule has 0 N–H and O–H groups in total. The Kier molecular flexibility index (Phi) is 31.7. The third-order valence-corrected chi connectivity index (χ3v) is 28.1. The van der Waals surface area contributed by atoms with Gasteiger partial charge in [0.1, 0.15) is 11.5 Å². The Bertz CT molecular complexity index is 2540. The molecule has 2 heterocycles. The van der Waals surface area contributed by atoms with Crippen molar-refractivity contribution in [2.75, 3.05) is 0 Å². The molecule has 0 spiro atoms. The van der Waals surface area contributed by atoms with Gasteiger partial charge >= 0.3 is 0 Å². The van der Waals surface area contributed by atoms with Crippen molar-refractivity contribution >= 4 is 0 Å². The number of fused-ring (bicyclic) bond motifs is 2. The molecule has 94 heavy (non-hydrogen) atoms. The van der Waals surface area contributed by atoms with Crippen molar-refractivity contribution in [3.8, 4) is 0 Å². The summed E-state index contributed by atoms with van der Waals surface area (Å²) in [5.74, 6) is 25.0. The Hall–Kier alpha value is -3.00. The van der Waals surface area contributed by atoms with Crippen molar-refractivity contribution in [1.29, 1.82) is 0 Å². The van der Waals surface area contributed by atoms with Gasteiger partial charge in [0.15, 0.2) is 0 Å².